The maximum atomic E-state index is 12.1. The number of aliphatic hydroxyl groups excluding tert-OH is 1. The van der Waals surface area contributed by atoms with Crippen LogP contribution in [0, 0.1) is 0 Å². The van der Waals surface area contributed by atoms with E-state index in [2.05, 4.69) is 24.3 Å². The number of benzene rings is 2. The molecule has 1 fully saturated rings. The molecular weight excluding hydrogens is 544 g/mol. The molecule has 1 saturated heterocycles. The summed E-state index contributed by atoms with van der Waals surface area (Å²) in [4.78, 5) is 38.1. The molecule has 10 heteroatoms. The summed E-state index contributed by atoms with van der Waals surface area (Å²) in [6.07, 6.45) is -5.00. The normalized spacial score (nSPS) is 22.6. The lowest BCUT2D eigenvalue weighted by molar-refractivity contribution is -0.253. The molecule has 39 heavy (non-hydrogen) atoms. The third-order valence-corrected chi connectivity index (χ3v) is 7.71. The van der Waals surface area contributed by atoms with Gasteiger partial charge in [0.25, 0.3) is 0 Å². The highest BCUT2D eigenvalue weighted by Gasteiger charge is 2.52. The van der Waals surface area contributed by atoms with E-state index < -0.39 is 55.0 Å². The lowest BCUT2D eigenvalue weighted by Gasteiger charge is -2.44. The molecule has 0 aliphatic carbocycles. The Morgan fingerprint density at radius 1 is 0.872 bits per heavy atom. The molecule has 1 N–H and O–H groups in total. The molecule has 0 radical (unpaired) electrons. The van der Waals surface area contributed by atoms with E-state index in [1.54, 1.807) is 23.5 Å². The van der Waals surface area contributed by atoms with Crippen molar-refractivity contribution in [3.63, 3.8) is 0 Å². The first-order chi connectivity index (χ1) is 18.7. The molecule has 0 spiro atoms. The van der Waals surface area contributed by atoms with Crippen LogP contribution in [0.5, 0.6) is 0 Å². The van der Waals surface area contributed by atoms with E-state index >= 15 is 0 Å². The van der Waals surface area contributed by atoms with Crippen molar-refractivity contribution < 1.29 is 38.4 Å². The molecule has 4 rings (SSSR count). The van der Waals surface area contributed by atoms with Crippen LogP contribution in [-0.4, -0.2) is 54.0 Å². The van der Waals surface area contributed by atoms with Crippen LogP contribution >= 0.6 is 22.9 Å². The largest absolute Gasteiger partial charge is 0.456 e. The van der Waals surface area contributed by atoms with Crippen molar-refractivity contribution in [2.75, 3.05) is 6.61 Å². The Labute approximate surface area is 235 Å². The Kier molecular flexibility index (Phi) is 9.40. The van der Waals surface area contributed by atoms with Crippen LogP contribution in [0.4, 0.5) is 0 Å². The van der Waals surface area contributed by atoms with Crippen LogP contribution in [-0.2, 0) is 39.8 Å². The number of rotatable bonds is 8. The zero-order chi connectivity index (χ0) is 28.1. The number of hydrogen-bond acceptors (Lipinski definition) is 9. The van der Waals surface area contributed by atoms with Crippen molar-refractivity contribution >= 4 is 40.8 Å². The average molecular weight is 573 g/mol. The van der Waals surface area contributed by atoms with Gasteiger partial charge in [0.15, 0.2) is 18.3 Å². The van der Waals surface area contributed by atoms with Crippen molar-refractivity contribution in [2.45, 2.75) is 57.7 Å². The zero-order valence-corrected chi connectivity index (χ0v) is 23.2. The van der Waals surface area contributed by atoms with Gasteiger partial charge in [-0.05, 0) is 34.9 Å². The summed E-state index contributed by atoms with van der Waals surface area (Å²) in [7, 11) is 0. The third-order valence-electron chi connectivity index (χ3n) is 6.20. The highest BCUT2D eigenvalue weighted by atomic mass is 35.5. The van der Waals surface area contributed by atoms with Gasteiger partial charge in [0.1, 0.15) is 12.2 Å². The molecule has 8 nitrogen and oxygen atoms in total. The molecule has 1 aliphatic heterocycles. The van der Waals surface area contributed by atoms with Crippen LogP contribution in [0.1, 0.15) is 42.9 Å². The Balaban J connectivity index is 1.68. The second-order valence-electron chi connectivity index (χ2n) is 9.16. The number of carbonyl (C=O) groups excluding carboxylic acids is 3. The lowest BCUT2D eigenvalue weighted by Crippen LogP contribution is -2.59. The molecule has 2 aromatic carbocycles. The smallest absolute Gasteiger partial charge is 0.303 e. The number of thiophene rings is 1. The number of ether oxygens (including phenoxy) is 4. The van der Waals surface area contributed by atoms with E-state index in [9.17, 15) is 19.5 Å². The van der Waals surface area contributed by atoms with Gasteiger partial charge in [0.2, 0.25) is 0 Å². The van der Waals surface area contributed by atoms with Crippen molar-refractivity contribution in [1.29, 1.82) is 0 Å². The number of halogens is 1. The predicted molar refractivity (Wildman–Crippen MR) is 145 cm³/mol. The fourth-order valence-corrected chi connectivity index (χ4v) is 5.86. The monoisotopic (exact) mass is 572 g/mol. The van der Waals surface area contributed by atoms with Crippen LogP contribution in [0.2, 0.25) is 5.02 Å². The van der Waals surface area contributed by atoms with E-state index in [0.717, 1.165) is 20.9 Å². The van der Waals surface area contributed by atoms with E-state index in [0.29, 0.717) is 17.0 Å². The Bertz CT molecular complexity index is 1320. The highest BCUT2D eigenvalue weighted by Crippen LogP contribution is 2.39. The first kappa shape index (κ1) is 28.8. The molecule has 5 atom stereocenters. The van der Waals surface area contributed by atoms with E-state index in [-0.39, 0.29) is 0 Å². The van der Waals surface area contributed by atoms with Crippen LogP contribution in [0.15, 0.2) is 60.7 Å². The van der Waals surface area contributed by atoms with Gasteiger partial charge in [0, 0.05) is 42.0 Å². The molecule has 3 aromatic rings. The van der Waals surface area contributed by atoms with Crippen molar-refractivity contribution in [3.05, 3.63) is 81.7 Å². The molecule has 206 valence electrons. The number of esters is 3. The van der Waals surface area contributed by atoms with Gasteiger partial charge in [-0.2, -0.15) is 0 Å². The van der Waals surface area contributed by atoms with Gasteiger partial charge in [-0.25, -0.2) is 0 Å². The Morgan fingerprint density at radius 3 is 2.15 bits per heavy atom. The van der Waals surface area contributed by atoms with Gasteiger partial charge in [-0.3, -0.25) is 14.4 Å². The van der Waals surface area contributed by atoms with E-state index in [1.807, 2.05) is 24.3 Å². The third kappa shape index (κ3) is 7.05. The molecule has 0 amide bonds. The van der Waals surface area contributed by atoms with Gasteiger partial charge >= 0.3 is 17.9 Å². The summed E-state index contributed by atoms with van der Waals surface area (Å²) < 4.78 is 22.5. The van der Waals surface area contributed by atoms with E-state index in [4.69, 9.17) is 30.5 Å². The second kappa shape index (κ2) is 12.7. The molecule has 0 saturated carbocycles. The second-order valence-corrected chi connectivity index (χ2v) is 10.7. The molecular formula is C29H29ClO8S. The van der Waals surface area contributed by atoms with E-state index in [1.165, 1.54) is 20.8 Å². The fraction of sp³-hybridized carbons (Fsp3) is 0.345. The van der Waals surface area contributed by atoms with Crippen LogP contribution in [0.25, 0.3) is 10.4 Å². The molecule has 1 aromatic heterocycles. The van der Waals surface area contributed by atoms with Gasteiger partial charge in [0.05, 0.1) is 6.61 Å². The van der Waals surface area contributed by atoms with Crippen LogP contribution in [0.3, 0.4) is 0 Å². The lowest BCUT2D eigenvalue weighted by atomic mass is 9.89. The summed E-state index contributed by atoms with van der Waals surface area (Å²) >= 11 is 8.23. The Hall–Kier alpha value is -3.24. The standard InChI is InChI=1S/C29H29ClO8S/c1-16(32)35-27-24(15-31)38-26(28(36-17(2)33)29(27)37-18(3)34)20-9-11-23(30)21(13-20)14-22-10-12-25(39-22)19-7-5-4-6-8-19/h4-13,24,26-29,31H,14-15H2,1-3H3/t24-,26?,27-,28+,29+/m1/s1. The fourth-order valence-electron chi connectivity index (χ4n) is 4.64. The predicted octanol–water partition coefficient (Wildman–Crippen LogP) is 4.89. The maximum absolute atomic E-state index is 12.1. The van der Waals surface area contributed by atoms with Gasteiger partial charge in [-0.15, -0.1) is 11.3 Å². The minimum Gasteiger partial charge on any atom is -0.456 e. The molecule has 2 heterocycles. The zero-order valence-electron chi connectivity index (χ0n) is 21.7. The number of carbonyl (C=O) groups is 3. The number of hydrogen-bond donors (Lipinski definition) is 1. The molecule has 0 bridgehead atoms. The average Bonchev–Trinajstić information content (AvgIpc) is 3.36. The maximum Gasteiger partial charge on any atom is 0.303 e. The summed E-state index contributed by atoms with van der Waals surface area (Å²) in [5.74, 6) is -1.98. The summed E-state index contributed by atoms with van der Waals surface area (Å²) in [6.45, 7) is 3.07. The quantitative estimate of drug-likeness (QED) is 0.300. The highest BCUT2D eigenvalue weighted by molar-refractivity contribution is 7.15. The summed E-state index contributed by atoms with van der Waals surface area (Å²) in [6, 6.07) is 19.5. The van der Waals surface area contributed by atoms with Crippen molar-refractivity contribution in [3.8, 4) is 10.4 Å². The van der Waals surface area contributed by atoms with Crippen LogP contribution < -0.4 is 0 Å². The molecule has 1 aliphatic rings. The SMILES string of the molecule is CC(=O)O[C@H]1[C@H](OC(C)=O)[C@@H](OC(C)=O)C(c2ccc(Cl)c(Cc3ccc(-c4ccccc4)s3)c2)O[C@@H]1CO. The number of aliphatic hydroxyl groups is 1. The van der Waals surface area contributed by atoms with Gasteiger partial charge < -0.3 is 24.1 Å². The summed E-state index contributed by atoms with van der Waals surface area (Å²) in [5, 5.41) is 10.6. The first-order valence-electron chi connectivity index (χ1n) is 12.4. The van der Waals surface area contributed by atoms with Crippen molar-refractivity contribution in [2.24, 2.45) is 0 Å². The topological polar surface area (TPSA) is 108 Å². The Morgan fingerprint density at radius 2 is 1.51 bits per heavy atom. The van der Waals surface area contributed by atoms with Crippen molar-refractivity contribution in [1.82, 2.24) is 0 Å². The molecule has 1 unspecified atom stereocenters. The first-order valence-corrected chi connectivity index (χ1v) is 13.6. The van der Waals surface area contributed by atoms with Gasteiger partial charge in [-0.1, -0.05) is 54.1 Å². The summed E-state index contributed by atoms with van der Waals surface area (Å²) in [5.41, 5.74) is 2.53. The minimum absolute atomic E-state index is 0.531. The minimum atomic E-state index is -1.21.